The zero-order valence-electron chi connectivity index (χ0n) is 16.4. The van der Waals surface area contributed by atoms with E-state index in [2.05, 4.69) is 10.2 Å². The van der Waals surface area contributed by atoms with Gasteiger partial charge in [-0.3, -0.25) is 9.69 Å². The lowest BCUT2D eigenvalue weighted by molar-refractivity contribution is 0.102. The lowest BCUT2D eigenvalue weighted by Crippen LogP contribution is -2.48. The second-order valence-corrected chi connectivity index (χ2v) is 9.35. The number of sulfonamides is 1. The molecular formula is C21H27N3O3S. The summed E-state index contributed by atoms with van der Waals surface area (Å²) in [4.78, 5) is 14.6. The number of carbonyl (C=O) groups is 1. The number of anilines is 1. The van der Waals surface area contributed by atoms with Crippen LogP contribution < -0.4 is 5.32 Å². The second-order valence-electron chi connectivity index (χ2n) is 7.10. The van der Waals surface area contributed by atoms with Gasteiger partial charge in [-0.15, -0.1) is 0 Å². The minimum absolute atomic E-state index is 0.129. The Bertz CT molecular complexity index is 918. The quantitative estimate of drug-likeness (QED) is 0.808. The summed E-state index contributed by atoms with van der Waals surface area (Å²) < 4.78 is 25.5. The van der Waals surface area contributed by atoms with E-state index < -0.39 is 10.0 Å². The Kier molecular flexibility index (Phi) is 6.49. The molecule has 0 spiro atoms. The van der Waals surface area contributed by atoms with Crippen molar-refractivity contribution in [3.05, 3.63) is 65.2 Å². The summed E-state index contributed by atoms with van der Waals surface area (Å²) in [6, 6.07) is 15.3. The molecule has 150 valence electrons. The number of aryl methyl sites for hydroxylation is 1. The van der Waals surface area contributed by atoms with Gasteiger partial charge >= 0.3 is 0 Å². The van der Waals surface area contributed by atoms with Gasteiger partial charge in [-0.05, 0) is 49.2 Å². The molecular weight excluding hydrogens is 374 g/mol. The van der Waals surface area contributed by atoms with Crippen molar-refractivity contribution in [3.8, 4) is 0 Å². The Labute approximate surface area is 167 Å². The lowest BCUT2D eigenvalue weighted by Gasteiger charge is -2.33. The van der Waals surface area contributed by atoms with Crippen LogP contribution in [0.3, 0.4) is 0 Å². The van der Waals surface area contributed by atoms with Crippen molar-refractivity contribution in [1.29, 1.82) is 0 Å². The number of piperazine rings is 1. The van der Waals surface area contributed by atoms with Crippen molar-refractivity contribution in [2.24, 2.45) is 0 Å². The molecule has 2 aromatic carbocycles. The Hall–Kier alpha value is -2.22. The van der Waals surface area contributed by atoms with E-state index in [0.717, 1.165) is 36.4 Å². The largest absolute Gasteiger partial charge is 0.322 e. The molecule has 1 heterocycles. The first-order chi connectivity index (χ1) is 13.4. The minimum atomic E-state index is -3.10. The van der Waals surface area contributed by atoms with Crippen molar-refractivity contribution in [3.63, 3.8) is 0 Å². The van der Waals surface area contributed by atoms with Crippen LogP contribution in [0.5, 0.6) is 0 Å². The highest BCUT2D eigenvalue weighted by molar-refractivity contribution is 7.89. The molecule has 0 bridgehead atoms. The minimum Gasteiger partial charge on any atom is -0.322 e. The smallest absolute Gasteiger partial charge is 0.255 e. The maximum atomic E-state index is 12.4. The summed E-state index contributed by atoms with van der Waals surface area (Å²) in [5.41, 5.74) is 3.61. The average Bonchev–Trinajstić information content (AvgIpc) is 2.69. The van der Waals surface area contributed by atoms with Gasteiger partial charge in [-0.25, -0.2) is 8.42 Å². The molecule has 6 nitrogen and oxygen atoms in total. The van der Waals surface area contributed by atoms with Gasteiger partial charge in [0.2, 0.25) is 10.0 Å². The van der Waals surface area contributed by atoms with Crippen molar-refractivity contribution in [2.45, 2.75) is 20.4 Å². The molecule has 28 heavy (non-hydrogen) atoms. The van der Waals surface area contributed by atoms with Crippen LogP contribution in [0, 0.1) is 6.92 Å². The van der Waals surface area contributed by atoms with Gasteiger partial charge in [0.1, 0.15) is 0 Å². The summed E-state index contributed by atoms with van der Waals surface area (Å²) in [7, 11) is -3.10. The van der Waals surface area contributed by atoms with Gasteiger partial charge in [0, 0.05) is 44.0 Å². The third kappa shape index (κ3) is 5.19. The molecule has 0 radical (unpaired) electrons. The first-order valence-electron chi connectivity index (χ1n) is 9.54. The predicted octanol–water partition coefficient (Wildman–Crippen LogP) is 2.71. The Morgan fingerprint density at radius 1 is 1.04 bits per heavy atom. The van der Waals surface area contributed by atoms with E-state index in [9.17, 15) is 13.2 Å². The van der Waals surface area contributed by atoms with Gasteiger partial charge in [-0.1, -0.05) is 24.3 Å². The third-order valence-electron chi connectivity index (χ3n) is 4.99. The molecule has 0 aliphatic carbocycles. The predicted molar refractivity (Wildman–Crippen MR) is 112 cm³/mol. The van der Waals surface area contributed by atoms with Crippen LogP contribution in [0.2, 0.25) is 0 Å². The van der Waals surface area contributed by atoms with Gasteiger partial charge in [0.05, 0.1) is 5.75 Å². The molecule has 1 amide bonds. The Morgan fingerprint density at radius 3 is 2.32 bits per heavy atom. The van der Waals surface area contributed by atoms with Crippen molar-refractivity contribution in [2.75, 3.05) is 37.2 Å². The molecule has 1 aliphatic heterocycles. The van der Waals surface area contributed by atoms with E-state index in [1.54, 1.807) is 11.2 Å². The summed E-state index contributed by atoms with van der Waals surface area (Å²) in [5.74, 6) is 0.0227. The number of carbonyl (C=O) groups excluding carboxylic acids is 1. The van der Waals surface area contributed by atoms with Crippen LogP contribution in [-0.2, 0) is 16.6 Å². The fraction of sp³-hybridized carbons (Fsp3) is 0.381. The summed E-state index contributed by atoms with van der Waals surface area (Å²) >= 11 is 0. The normalized spacial score (nSPS) is 16.1. The molecule has 0 unspecified atom stereocenters. The number of nitrogens with zero attached hydrogens (tertiary/aromatic N) is 2. The Balaban J connectivity index is 1.54. The zero-order chi connectivity index (χ0) is 20.1. The molecule has 0 saturated carbocycles. The van der Waals surface area contributed by atoms with Gasteiger partial charge < -0.3 is 5.32 Å². The molecule has 0 aromatic heterocycles. The van der Waals surface area contributed by atoms with Crippen LogP contribution >= 0.6 is 0 Å². The monoisotopic (exact) mass is 401 g/mol. The maximum absolute atomic E-state index is 12.4. The van der Waals surface area contributed by atoms with Crippen LogP contribution in [0.15, 0.2) is 48.5 Å². The highest BCUT2D eigenvalue weighted by atomic mass is 32.2. The van der Waals surface area contributed by atoms with E-state index in [4.69, 9.17) is 0 Å². The van der Waals surface area contributed by atoms with Gasteiger partial charge in [0.15, 0.2) is 0 Å². The summed E-state index contributed by atoms with van der Waals surface area (Å²) in [5, 5.41) is 2.91. The van der Waals surface area contributed by atoms with Crippen LogP contribution in [0.1, 0.15) is 28.4 Å². The average molecular weight is 402 g/mol. The molecule has 1 N–H and O–H groups in total. The fourth-order valence-electron chi connectivity index (χ4n) is 3.29. The van der Waals surface area contributed by atoms with Gasteiger partial charge in [0.25, 0.3) is 5.91 Å². The zero-order valence-corrected chi connectivity index (χ0v) is 17.2. The molecule has 1 aliphatic rings. The molecule has 2 aromatic rings. The van der Waals surface area contributed by atoms with Crippen LogP contribution in [-0.4, -0.2) is 55.5 Å². The van der Waals surface area contributed by atoms with Crippen molar-refractivity contribution < 1.29 is 13.2 Å². The van der Waals surface area contributed by atoms with E-state index in [0.29, 0.717) is 18.7 Å². The number of rotatable bonds is 6. The van der Waals surface area contributed by atoms with Crippen molar-refractivity contribution >= 4 is 21.6 Å². The lowest BCUT2D eigenvalue weighted by atomic mass is 10.1. The molecule has 1 saturated heterocycles. The molecule has 0 atom stereocenters. The summed E-state index contributed by atoms with van der Waals surface area (Å²) in [6.45, 7) is 6.92. The highest BCUT2D eigenvalue weighted by Crippen LogP contribution is 2.15. The van der Waals surface area contributed by atoms with E-state index in [1.165, 1.54) is 0 Å². The highest BCUT2D eigenvalue weighted by Gasteiger charge is 2.25. The fourth-order valence-corrected chi connectivity index (χ4v) is 4.38. The first-order valence-corrected chi connectivity index (χ1v) is 11.2. The molecule has 7 heteroatoms. The van der Waals surface area contributed by atoms with Gasteiger partial charge in [-0.2, -0.15) is 4.31 Å². The standard InChI is InChI=1S/C21H27N3O3S/c1-3-28(26,27)24-13-11-23(12-14-24)16-18-7-9-19(10-8-18)21(25)22-20-6-4-5-17(2)15-20/h4-10,15H,3,11-14,16H2,1-2H3,(H,22,25). The first kappa shape index (κ1) is 20.5. The SMILES string of the molecule is CCS(=O)(=O)N1CCN(Cc2ccc(C(=O)Nc3cccc(C)c3)cc2)CC1. The van der Waals surface area contributed by atoms with E-state index >= 15 is 0 Å². The van der Waals surface area contributed by atoms with Crippen LogP contribution in [0.25, 0.3) is 0 Å². The van der Waals surface area contributed by atoms with Crippen molar-refractivity contribution in [1.82, 2.24) is 9.21 Å². The maximum Gasteiger partial charge on any atom is 0.255 e. The Morgan fingerprint density at radius 2 is 1.71 bits per heavy atom. The second kappa shape index (κ2) is 8.86. The topological polar surface area (TPSA) is 69.7 Å². The number of benzene rings is 2. The molecule has 3 rings (SSSR count). The third-order valence-corrected chi connectivity index (χ3v) is 6.87. The molecule has 1 fully saturated rings. The summed E-state index contributed by atoms with van der Waals surface area (Å²) in [6.07, 6.45) is 0. The number of hydrogen-bond acceptors (Lipinski definition) is 4. The van der Waals surface area contributed by atoms with Crippen LogP contribution in [0.4, 0.5) is 5.69 Å². The number of hydrogen-bond donors (Lipinski definition) is 1. The van der Waals surface area contributed by atoms with E-state index in [-0.39, 0.29) is 11.7 Å². The number of nitrogens with one attached hydrogen (secondary N) is 1. The van der Waals surface area contributed by atoms with E-state index in [1.807, 2.05) is 55.5 Å². The number of amides is 1.